The highest BCUT2D eigenvalue weighted by Gasteiger charge is 2.17. The Morgan fingerprint density at radius 1 is 0.968 bits per heavy atom. The maximum absolute atomic E-state index is 5.81. The van der Waals surface area contributed by atoms with E-state index in [-0.39, 0.29) is 0 Å². The summed E-state index contributed by atoms with van der Waals surface area (Å²) in [4.78, 5) is 6.29. The lowest BCUT2D eigenvalue weighted by Gasteiger charge is -2.27. The van der Waals surface area contributed by atoms with Crippen molar-refractivity contribution >= 4 is 23.0 Å². The van der Waals surface area contributed by atoms with Gasteiger partial charge in [-0.2, -0.15) is 0 Å². The Labute approximate surface area is 188 Å². The molecule has 162 valence electrons. The number of nitrogens with zero attached hydrogens (tertiary/aromatic N) is 2. The fourth-order valence-corrected chi connectivity index (χ4v) is 3.48. The highest BCUT2D eigenvalue weighted by molar-refractivity contribution is 7.80. The van der Waals surface area contributed by atoms with Gasteiger partial charge in [-0.25, -0.2) is 0 Å². The summed E-state index contributed by atoms with van der Waals surface area (Å²) in [5.41, 5.74) is 3.94. The Kier molecular flexibility index (Phi) is 7.67. The highest BCUT2D eigenvalue weighted by atomic mass is 32.1. The van der Waals surface area contributed by atoms with E-state index in [0.29, 0.717) is 18.2 Å². The molecule has 3 aromatic rings. The number of rotatable bonds is 8. The molecular formula is C24H27N3O3S. The fraction of sp³-hybridized carbons (Fsp3) is 0.250. The van der Waals surface area contributed by atoms with Gasteiger partial charge in [0.05, 0.1) is 27.0 Å². The Bertz CT molecular complexity index is 1030. The first-order valence-corrected chi connectivity index (χ1v) is 10.2. The lowest BCUT2D eigenvalue weighted by Crippen LogP contribution is -2.34. The number of aromatic nitrogens is 1. The summed E-state index contributed by atoms with van der Waals surface area (Å²) in [7, 11) is 4.95. The number of pyridine rings is 1. The van der Waals surface area contributed by atoms with Gasteiger partial charge in [-0.3, -0.25) is 4.98 Å². The summed E-state index contributed by atoms with van der Waals surface area (Å²) in [6.45, 7) is 3.13. The van der Waals surface area contributed by atoms with Gasteiger partial charge >= 0.3 is 0 Å². The molecule has 31 heavy (non-hydrogen) atoms. The maximum Gasteiger partial charge on any atom is 0.174 e. The van der Waals surface area contributed by atoms with Gasteiger partial charge in [0.15, 0.2) is 5.11 Å². The zero-order valence-corrected chi connectivity index (χ0v) is 19.0. The Hall–Kier alpha value is -3.32. The fourth-order valence-electron chi connectivity index (χ4n) is 3.24. The molecule has 0 aliphatic heterocycles. The van der Waals surface area contributed by atoms with Crippen LogP contribution in [0.15, 0.2) is 60.9 Å². The molecular weight excluding hydrogens is 410 g/mol. The van der Waals surface area contributed by atoms with Crippen molar-refractivity contribution < 1.29 is 14.2 Å². The predicted molar refractivity (Wildman–Crippen MR) is 127 cm³/mol. The van der Waals surface area contributed by atoms with Gasteiger partial charge in [-0.1, -0.05) is 12.1 Å². The van der Waals surface area contributed by atoms with Crippen molar-refractivity contribution in [2.45, 2.75) is 20.0 Å². The summed E-state index contributed by atoms with van der Waals surface area (Å²) < 4.78 is 16.5. The molecule has 2 aromatic carbocycles. The molecule has 0 saturated heterocycles. The largest absolute Gasteiger partial charge is 0.497 e. The van der Waals surface area contributed by atoms with E-state index in [1.54, 1.807) is 27.5 Å². The summed E-state index contributed by atoms with van der Waals surface area (Å²) in [5.74, 6) is 2.26. The number of hydrogen-bond donors (Lipinski definition) is 1. The van der Waals surface area contributed by atoms with Crippen molar-refractivity contribution in [2.24, 2.45) is 0 Å². The summed E-state index contributed by atoms with van der Waals surface area (Å²) in [6.07, 6.45) is 3.60. The third kappa shape index (κ3) is 5.86. The molecule has 0 unspecified atom stereocenters. The van der Waals surface area contributed by atoms with E-state index < -0.39 is 0 Å². The van der Waals surface area contributed by atoms with Crippen LogP contribution in [0.5, 0.6) is 17.2 Å². The minimum atomic E-state index is 0.523. The quantitative estimate of drug-likeness (QED) is 0.507. The smallest absolute Gasteiger partial charge is 0.174 e. The van der Waals surface area contributed by atoms with E-state index >= 15 is 0 Å². The third-order valence-electron chi connectivity index (χ3n) is 4.83. The van der Waals surface area contributed by atoms with Gasteiger partial charge in [0.1, 0.15) is 17.2 Å². The van der Waals surface area contributed by atoms with Gasteiger partial charge in [0.2, 0.25) is 0 Å². The van der Waals surface area contributed by atoms with Gasteiger partial charge in [-0.05, 0) is 66.7 Å². The molecule has 0 saturated carbocycles. The van der Waals surface area contributed by atoms with Crippen LogP contribution in [-0.2, 0) is 13.1 Å². The van der Waals surface area contributed by atoms with Crippen molar-refractivity contribution in [3.05, 3.63) is 77.6 Å². The molecule has 0 aliphatic carbocycles. The molecule has 3 rings (SSSR count). The van der Waals surface area contributed by atoms with Crippen LogP contribution >= 0.6 is 12.2 Å². The second kappa shape index (κ2) is 10.6. The minimum Gasteiger partial charge on any atom is -0.497 e. The average Bonchev–Trinajstić information content (AvgIpc) is 2.79. The van der Waals surface area contributed by atoms with Crippen LogP contribution in [0.25, 0.3) is 0 Å². The first-order chi connectivity index (χ1) is 15.0. The highest BCUT2D eigenvalue weighted by Crippen LogP contribution is 2.28. The van der Waals surface area contributed by atoms with Crippen molar-refractivity contribution in [3.63, 3.8) is 0 Å². The maximum atomic E-state index is 5.81. The second-order valence-corrected chi connectivity index (χ2v) is 7.42. The standard InChI is InChI=1S/C24H27N3O3S/c1-17-7-9-23(30-4)21(12-17)26-24(31)27(15-18-6-5-11-25-14-18)16-19-13-20(28-2)8-10-22(19)29-3/h5-14H,15-16H2,1-4H3,(H,26,31). The molecule has 1 aromatic heterocycles. The van der Waals surface area contributed by atoms with Crippen LogP contribution in [0.3, 0.4) is 0 Å². The van der Waals surface area contributed by atoms with Crippen molar-refractivity contribution in [1.82, 2.24) is 9.88 Å². The number of aryl methyl sites for hydroxylation is 1. The molecule has 0 radical (unpaired) electrons. The number of methoxy groups -OCH3 is 3. The molecule has 0 fully saturated rings. The van der Waals surface area contributed by atoms with Crippen LogP contribution in [0.2, 0.25) is 0 Å². The Morgan fingerprint density at radius 3 is 2.42 bits per heavy atom. The van der Waals surface area contributed by atoms with Crippen molar-refractivity contribution in [1.29, 1.82) is 0 Å². The van der Waals surface area contributed by atoms with E-state index in [1.165, 1.54) is 0 Å². The van der Waals surface area contributed by atoms with E-state index in [0.717, 1.165) is 39.6 Å². The second-order valence-electron chi connectivity index (χ2n) is 7.03. The van der Waals surface area contributed by atoms with E-state index in [2.05, 4.69) is 15.2 Å². The van der Waals surface area contributed by atoms with Crippen LogP contribution in [0, 0.1) is 6.92 Å². The molecule has 0 spiro atoms. The molecule has 1 N–H and O–H groups in total. The van der Waals surface area contributed by atoms with E-state index in [9.17, 15) is 0 Å². The predicted octanol–water partition coefficient (Wildman–Crippen LogP) is 4.82. The Balaban J connectivity index is 1.91. The summed E-state index contributed by atoms with van der Waals surface area (Å²) in [6, 6.07) is 15.6. The molecule has 0 atom stereocenters. The summed E-state index contributed by atoms with van der Waals surface area (Å²) in [5, 5.41) is 3.92. The number of thiocarbonyl (C=S) groups is 1. The lowest BCUT2D eigenvalue weighted by atomic mass is 10.1. The van der Waals surface area contributed by atoms with Gasteiger partial charge < -0.3 is 24.4 Å². The van der Waals surface area contributed by atoms with E-state index in [4.69, 9.17) is 26.4 Å². The van der Waals surface area contributed by atoms with Crippen molar-refractivity contribution in [3.8, 4) is 17.2 Å². The number of nitrogens with one attached hydrogen (secondary N) is 1. The number of hydrogen-bond acceptors (Lipinski definition) is 5. The topological polar surface area (TPSA) is 55.9 Å². The normalized spacial score (nSPS) is 10.3. The van der Waals surface area contributed by atoms with Crippen LogP contribution in [0.4, 0.5) is 5.69 Å². The zero-order chi connectivity index (χ0) is 22.2. The van der Waals surface area contributed by atoms with Crippen LogP contribution in [-0.4, -0.2) is 36.3 Å². The molecule has 0 bridgehead atoms. The van der Waals surface area contributed by atoms with Crippen LogP contribution in [0.1, 0.15) is 16.7 Å². The zero-order valence-electron chi connectivity index (χ0n) is 18.2. The third-order valence-corrected chi connectivity index (χ3v) is 5.19. The van der Waals surface area contributed by atoms with Gasteiger partial charge in [-0.15, -0.1) is 0 Å². The Morgan fingerprint density at radius 2 is 1.74 bits per heavy atom. The molecule has 1 heterocycles. The first kappa shape index (κ1) is 22.4. The minimum absolute atomic E-state index is 0.523. The number of ether oxygens (including phenoxy) is 3. The van der Waals surface area contributed by atoms with Crippen molar-refractivity contribution in [2.75, 3.05) is 26.6 Å². The first-order valence-electron chi connectivity index (χ1n) is 9.84. The van der Waals surface area contributed by atoms with Gasteiger partial charge in [0.25, 0.3) is 0 Å². The van der Waals surface area contributed by atoms with Gasteiger partial charge in [0, 0.05) is 31.0 Å². The molecule has 0 aliphatic rings. The monoisotopic (exact) mass is 437 g/mol. The average molecular weight is 438 g/mol. The molecule has 6 nitrogen and oxygen atoms in total. The molecule has 7 heteroatoms. The number of benzene rings is 2. The van der Waals surface area contributed by atoms with E-state index in [1.807, 2.05) is 61.7 Å². The SMILES string of the molecule is COc1ccc(OC)c(CN(Cc2cccnc2)C(=S)Nc2cc(C)ccc2OC)c1. The lowest BCUT2D eigenvalue weighted by molar-refractivity contribution is 0.372. The van der Waals surface area contributed by atoms with Crippen LogP contribution < -0.4 is 19.5 Å². The molecule has 0 amide bonds. The number of anilines is 1. The summed E-state index contributed by atoms with van der Waals surface area (Å²) >= 11 is 5.81.